The van der Waals surface area contributed by atoms with Gasteiger partial charge in [0.1, 0.15) is 5.75 Å². The molecule has 1 aliphatic rings. The molecule has 0 amide bonds. The highest BCUT2D eigenvalue weighted by Gasteiger charge is 2.20. The van der Waals surface area contributed by atoms with Crippen LogP contribution in [0.3, 0.4) is 0 Å². The molecule has 0 aliphatic carbocycles. The number of nitrogens with zero attached hydrogens (tertiary/aromatic N) is 4. The highest BCUT2D eigenvalue weighted by Crippen LogP contribution is 2.32. The van der Waals surface area contributed by atoms with Crippen LogP contribution in [0, 0.1) is 0 Å². The number of hydrogen-bond acceptors (Lipinski definition) is 5. The lowest BCUT2D eigenvalue weighted by Gasteiger charge is -2.32. The van der Waals surface area contributed by atoms with E-state index in [4.69, 9.17) is 4.74 Å². The van der Waals surface area contributed by atoms with E-state index in [0.29, 0.717) is 6.04 Å². The third-order valence-electron chi connectivity index (χ3n) is 6.14. The Morgan fingerprint density at radius 2 is 1.84 bits per heavy atom. The first-order chi connectivity index (χ1) is 15.3. The van der Waals surface area contributed by atoms with Gasteiger partial charge in [-0.25, -0.2) is 0 Å². The van der Waals surface area contributed by atoms with Crippen LogP contribution in [0.15, 0.2) is 59.8 Å². The second kappa shape index (κ2) is 10.8. The van der Waals surface area contributed by atoms with E-state index >= 15 is 0 Å². The average Bonchev–Trinajstić information content (AvgIpc) is 3.22. The van der Waals surface area contributed by atoms with Gasteiger partial charge >= 0.3 is 0 Å². The van der Waals surface area contributed by atoms with Crippen LogP contribution in [-0.2, 0) is 13.0 Å². The minimum Gasteiger partial charge on any atom is -0.496 e. The number of benzene rings is 2. The molecule has 1 aliphatic heterocycles. The largest absolute Gasteiger partial charge is 0.496 e. The molecule has 4 rings (SSSR count). The third-order valence-corrected chi connectivity index (χ3v) is 7.14. The topological polar surface area (TPSA) is 43.2 Å². The summed E-state index contributed by atoms with van der Waals surface area (Å²) in [4.78, 5) is 2.52. The third kappa shape index (κ3) is 5.49. The molecule has 1 aromatic heterocycles. The molecular formula is C25H32N4OS. The summed E-state index contributed by atoms with van der Waals surface area (Å²) in [5.41, 5.74) is 2.31. The second-order valence-electron chi connectivity index (χ2n) is 8.16. The first-order valence-electron chi connectivity index (χ1n) is 11.2. The van der Waals surface area contributed by atoms with Gasteiger partial charge in [0.15, 0.2) is 11.0 Å². The molecule has 0 spiro atoms. The Morgan fingerprint density at radius 3 is 2.65 bits per heavy atom. The fraction of sp³-hybridized carbons (Fsp3) is 0.440. The van der Waals surface area contributed by atoms with Crippen molar-refractivity contribution in [3.8, 4) is 17.1 Å². The molecule has 2 heterocycles. The van der Waals surface area contributed by atoms with E-state index in [1.165, 1.54) is 37.8 Å². The molecule has 31 heavy (non-hydrogen) atoms. The van der Waals surface area contributed by atoms with Crippen LogP contribution in [0.5, 0.6) is 5.75 Å². The Labute approximate surface area is 189 Å². The lowest BCUT2D eigenvalue weighted by atomic mass is 10.0. The van der Waals surface area contributed by atoms with E-state index < -0.39 is 0 Å². The minimum absolute atomic E-state index is 0.690. The molecule has 0 N–H and O–H groups in total. The number of aryl methyl sites for hydroxylation is 1. The van der Waals surface area contributed by atoms with Gasteiger partial charge < -0.3 is 14.2 Å². The summed E-state index contributed by atoms with van der Waals surface area (Å²) in [5, 5.41) is 10.2. The van der Waals surface area contributed by atoms with Crippen molar-refractivity contribution in [2.45, 2.75) is 49.8 Å². The number of methoxy groups -OCH3 is 1. The number of ether oxygens (including phenoxy) is 1. The smallest absolute Gasteiger partial charge is 0.191 e. The number of aromatic nitrogens is 3. The fourth-order valence-corrected chi connectivity index (χ4v) is 5.31. The van der Waals surface area contributed by atoms with Crippen molar-refractivity contribution in [3.05, 3.63) is 60.2 Å². The predicted octanol–water partition coefficient (Wildman–Crippen LogP) is 5.16. The van der Waals surface area contributed by atoms with Crippen molar-refractivity contribution in [1.29, 1.82) is 0 Å². The zero-order valence-corrected chi connectivity index (χ0v) is 19.4. The maximum Gasteiger partial charge on any atom is 0.191 e. The number of thioether (sulfide) groups is 1. The van der Waals surface area contributed by atoms with Gasteiger partial charge in [0.2, 0.25) is 0 Å². The van der Waals surface area contributed by atoms with E-state index in [1.807, 2.05) is 30.0 Å². The first kappa shape index (κ1) is 21.9. The van der Waals surface area contributed by atoms with Crippen LogP contribution >= 0.6 is 11.8 Å². The van der Waals surface area contributed by atoms with E-state index in [1.54, 1.807) is 7.11 Å². The first-order valence-corrected chi connectivity index (χ1v) is 12.2. The Balaban J connectivity index is 1.53. The zero-order valence-electron chi connectivity index (χ0n) is 18.5. The van der Waals surface area contributed by atoms with Crippen molar-refractivity contribution in [2.75, 3.05) is 26.5 Å². The van der Waals surface area contributed by atoms with Gasteiger partial charge in [0.25, 0.3) is 0 Å². The van der Waals surface area contributed by atoms with Crippen LogP contribution in [0.1, 0.15) is 31.2 Å². The molecule has 1 fully saturated rings. The lowest BCUT2D eigenvalue weighted by Crippen LogP contribution is -2.36. The maximum absolute atomic E-state index is 5.61. The molecule has 0 bridgehead atoms. The number of para-hydroxylation sites is 1. The molecule has 5 nitrogen and oxygen atoms in total. The van der Waals surface area contributed by atoms with Crippen LogP contribution in [0.4, 0.5) is 0 Å². The van der Waals surface area contributed by atoms with Gasteiger partial charge in [-0.2, -0.15) is 0 Å². The lowest BCUT2D eigenvalue weighted by molar-refractivity contribution is 0.182. The summed E-state index contributed by atoms with van der Waals surface area (Å²) >= 11 is 1.83. The Hall–Kier alpha value is -2.31. The van der Waals surface area contributed by atoms with Crippen molar-refractivity contribution >= 4 is 11.8 Å². The Morgan fingerprint density at radius 1 is 1.03 bits per heavy atom. The molecule has 0 radical (unpaired) electrons. The second-order valence-corrected chi connectivity index (χ2v) is 9.22. The molecule has 1 unspecified atom stereocenters. The number of likely N-dealkylation sites (tertiary alicyclic amines) is 1. The fourth-order valence-electron chi connectivity index (χ4n) is 4.31. The van der Waals surface area contributed by atoms with E-state index in [9.17, 15) is 0 Å². The zero-order chi connectivity index (χ0) is 21.5. The summed E-state index contributed by atoms with van der Waals surface area (Å²) < 4.78 is 7.87. The summed E-state index contributed by atoms with van der Waals surface area (Å²) in [6, 6.07) is 19.4. The summed E-state index contributed by atoms with van der Waals surface area (Å²) in [7, 11) is 3.97. The molecule has 1 saturated heterocycles. The van der Waals surface area contributed by atoms with Gasteiger partial charge in [-0.1, -0.05) is 60.6 Å². The molecule has 3 aromatic rings. The van der Waals surface area contributed by atoms with Gasteiger partial charge in [-0.3, -0.25) is 0 Å². The van der Waals surface area contributed by atoms with Crippen molar-refractivity contribution in [2.24, 2.45) is 0 Å². The SMILES string of the molecule is COc1ccccc1-c1nnc(SCCC2CCCCN2C)n1CCc1ccccc1. The molecule has 6 heteroatoms. The van der Waals surface area contributed by atoms with Gasteiger partial charge in [0.05, 0.1) is 12.7 Å². The molecule has 1 atom stereocenters. The van der Waals surface area contributed by atoms with Gasteiger partial charge in [0, 0.05) is 18.3 Å². The highest BCUT2D eigenvalue weighted by atomic mass is 32.2. The van der Waals surface area contributed by atoms with Crippen molar-refractivity contribution in [1.82, 2.24) is 19.7 Å². The Kier molecular flexibility index (Phi) is 7.65. The Bertz CT molecular complexity index is 959. The maximum atomic E-state index is 5.61. The predicted molar refractivity (Wildman–Crippen MR) is 128 cm³/mol. The van der Waals surface area contributed by atoms with E-state index in [2.05, 4.69) is 63.1 Å². The normalized spacial score (nSPS) is 17.0. The average molecular weight is 437 g/mol. The van der Waals surface area contributed by atoms with Crippen LogP contribution in [-0.4, -0.2) is 52.2 Å². The van der Waals surface area contributed by atoms with E-state index in [-0.39, 0.29) is 0 Å². The standard InChI is InChI=1S/C25H32N4OS/c1-28-17-9-8-12-21(28)16-19-31-25-27-26-24(22-13-6-7-14-23(22)30-2)29(25)18-15-20-10-4-3-5-11-20/h3-7,10-11,13-14,21H,8-9,12,15-19H2,1-2H3. The quantitative estimate of drug-likeness (QED) is 0.433. The van der Waals surface area contributed by atoms with Crippen molar-refractivity contribution < 1.29 is 4.74 Å². The van der Waals surface area contributed by atoms with Crippen LogP contribution < -0.4 is 4.74 Å². The monoisotopic (exact) mass is 436 g/mol. The molecule has 164 valence electrons. The molecular weight excluding hydrogens is 404 g/mol. The molecule has 2 aromatic carbocycles. The number of piperidine rings is 1. The van der Waals surface area contributed by atoms with Crippen LogP contribution in [0.2, 0.25) is 0 Å². The van der Waals surface area contributed by atoms with Gasteiger partial charge in [-0.05, 0) is 57.0 Å². The highest BCUT2D eigenvalue weighted by molar-refractivity contribution is 7.99. The summed E-state index contributed by atoms with van der Waals surface area (Å²) in [5.74, 6) is 2.77. The summed E-state index contributed by atoms with van der Waals surface area (Å²) in [6.07, 6.45) is 6.13. The van der Waals surface area contributed by atoms with Crippen LogP contribution in [0.25, 0.3) is 11.4 Å². The number of rotatable bonds is 9. The van der Waals surface area contributed by atoms with E-state index in [0.717, 1.165) is 41.0 Å². The summed E-state index contributed by atoms with van der Waals surface area (Å²) in [6.45, 7) is 2.07. The number of hydrogen-bond donors (Lipinski definition) is 0. The van der Waals surface area contributed by atoms with Gasteiger partial charge in [-0.15, -0.1) is 10.2 Å². The molecule has 0 saturated carbocycles. The minimum atomic E-state index is 0.690. The van der Waals surface area contributed by atoms with Crippen molar-refractivity contribution in [3.63, 3.8) is 0 Å².